The number of hydrogen-bond acceptors (Lipinski definition) is 5. The normalized spacial score (nSPS) is 15.8. The Balaban J connectivity index is 1.67. The molecule has 0 radical (unpaired) electrons. The van der Waals surface area contributed by atoms with Gasteiger partial charge in [-0.1, -0.05) is 29.5 Å². The fourth-order valence-electron chi connectivity index (χ4n) is 3.79. The molecule has 3 aromatic rings. The smallest absolute Gasteiger partial charge is 0.255 e. The first-order chi connectivity index (χ1) is 15.5. The van der Waals surface area contributed by atoms with Crippen LogP contribution >= 0.6 is 11.6 Å². The highest BCUT2D eigenvalue weighted by atomic mass is 35.5. The molecule has 1 aliphatic heterocycles. The maximum atomic E-state index is 12.8. The average Bonchev–Trinajstić information content (AvgIpc) is 3.41. The lowest BCUT2D eigenvalue weighted by Crippen LogP contribution is -2.31. The van der Waals surface area contributed by atoms with Crippen LogP contribution in [0.4, 0.5) is 11.4 Å². The number of fused-ring (bicyclic) bond motifs is 1. The Morgan fingerprint density at radius 3 is 2.94 bits per heavy atom. The zero-order valence-corrected chi connectivity index (χ0v) is 18.1. The van der Waals surface area contributed by atoms with Gasteiger partial charge in [0, 0.05) is 36.6 Å². The third-order valence-electron chi connectivity index (χ3n) is 5.64. The fraction of sp³-hybridized carbons (Fsp3) is 0.250. The minimum absolute atomic E-state index is 0.161. The fourth-order valence-corrected chi connectivity index (χ4v) is 4.05. The highest BCUT2D eigenvalue weighted by molar-refractivity contribution is 6.32. The van der Waals surface area contributed by atoms with E-state index >= 15 is 0 Å². The van der Waals surface area contributed by atoms with E-state index in [0.29, 0.717) is 64.8 Å². The molecule has 1 aliphatic carbocycles. The van der Waals surface area contributed by atoms with Gasteiger partial charge in [-0.25, -0.2) is 0 Å². The van der Waals surface area contributed by atoms with Crippen molar-refractivity contribution >= 4 is 28.9 Å². The van der Waals surface area contributed by atoms with Gasteiger partial charge in [-0.05, 0) is 31.0 Å². The summed E-state index contributed by atoms with van der Waals surface area (Å²) in [6, 6.07) is 7.23. The van der Waals surface area contributed by atoms with Gasteiger partial charge in [0.15, 0.2) is 5.75 Å². The molecule has 0 atom stereocenters. The highest BCUT2D eigenvalue weighted by Gasteiger charge is 2.38. The SMILES string of the molecule is COc1c(Cl)cccc1Nc1c(-c2ccncc2C#CC2(O)CC2)[nH]c2c1C(=O)NCC2. The number of aliphatic hydroxyl groups is 1. The van der Waals surface area contributed by atoms with E-state index in [-0.39, 0.29) is 5.91 Å². The molecule has 2 aliphatic rings. The summed E-state index contributed by atoms with van der Waals surface area (Å²) in [4.78, 5) is 20.4. The van der Waals surface area contributed by atoms with Gasteiger partial charge in [-0.3, -0.25) is 9.78 Å². The molecule has 162 valence electrons. The van der Waals surface area contributed by atoms with Crippen LogP contribution in [0.1, 0.15) is 34.5 Å². The van der Waals surface area contributed by atoms with Crippen LogP contribution in [0, 0.1) is 11.8 Å². The van der Waals surface area contributed by atoms with Crippen molar-refractivity contribution in [3.63, 3.8) is 0 Å². The van der Waals surface area contributed by atoms with Crippen molar-refractivity contribution in [2.24, 2.45) is 0 Å². The predicted octanol–water partition coefficient (Wildman–Crippen LogP) is 3.64. The van der Waals surface area contributed by atoms with Crippen molar-refractivity contribution in [1.29, 1.82) is 0 Å². The topological polar surface area (TPSA) is 99.3 Å². The largest absolute Gasteiger partial charge is 0.493 e. The molecule has 0 unspecified atom stereocenters. The number of nitrogens with one attached hydrogen (secondary N) is 3. The number of aromatic amines is 1. The number of carbonyl (C=O) groups is 1. The predicted molar refractivity (Wildman–Crippen MR) is 122 cm³/mol. The van der Waals surface area contributed by atoms with Gasteiger partial charge < -0.3 is 25.5 Å². The van der Waals surface area contributed by atoms with Crippen LogP contribution in [-0.4, -0.2) is 40.2 Å². The summed E-state index contributed by atoms with van der Waals surface area (Å²) in [5, 5.41) is 16.9. The molecule has 0 spiro atoms. The summed E-state index contributed by atoms with van der Waals surface area (Å²) >= 11 is 6.31. The molecule has 7 nitrogen and oxygen atoms in total. The summed E-state index contributed by atoms with van der Waals surface area (Å²) in [5.41, 5.74) is 3.87. The molecule has 5 rings (SSSR count). The summed E-state index contributed by atoms with van der Waals surface area (Å²) in [7, 11) is 1.55. The Labute approximate surface area is 190 Å². The Morgan fingerprint density at radius 2 is 2.16 bits per heavy atom. The lowest BCUT2D eigenvalue weighted by Gasteiger charge is -2.17. The van der Waals surface area contributed by atoms with Gasteiger partial charge in [0.1, 0.15) is 5.60 Å². The Hall–Kier alpha value is -3.47. The van der Waals surface area contributed by atoms with Gasteiger partial charge >= 0.3 is 0 Å². The number of ether oxygens (including phenoxy) is 1. The molecule has 2 aromatic heterocycles. The van der Waals surface area contributed by atoms with Crippen LogP contribution in [0.2, 0.25) is 5.02 Å². The zero-order chi connectivity index (χ0) is 22.3. The number of rotatable bonds is 4. The average molecular weight is 449 g/mol. The first-order valence-electron chi connectivity index (χ1n) is 10.3. The lowest BCUT2D eigenvalue weighted by molar-refractivity contribution is 0.0947. The van der Waals surface area contributed by atoms with Gasteiger partial charge in [-0.15, -0.1) is 0 Å². The maximum Gasteiger partial charge on any atom is 0.255 e. The van der Waals surface area contributed by atoms with E-state index in [2.05, 4.69) is 32.4 Å². The first-order valence-corrected chi connectivity index (χ1v) is 10.7. The minimum Gasteiger partial charge on any atom is -0.493 e. The summed E-state index contributed by atoms with van der Waals surface area (Å²) < 4.78 is 5.48. The number of para-hydroxylation sites is 1. The number of H-pyrrole nitrogens is 1. The van der Waals surface area contributed by atoms with Gasteiger partial charge in [-0.2, -0.15) is 0 Å². The highest BCUT2D eigenvalue weighted by Crippen LogP contribution is 2.41. The van der Waals surface area contributed by atoms with E-state index < -0.39 is 5.60 Å². The number of pyridine rings is 1. The molecule has 3 heterocycles. The molecule has 1 amide bonds. The molecule has 0 bridgehead atoms. The number of anilines is 2. The molecule has 1 aromatic carbocycles. The molecule has 0 saturated heterocycles. The molecule has 4 N–H and O–H groups in total. The molecule has 32 heavy (non-hydrogen) atoms. The Morgan fingerprint density at radius 1 is 1.31 bits per heavy atom. The number of amides is 1. The number of aromatic nitrogens is 2. The van der Waals surface area contributed by atoms with Crippen LogP contribution in [-0.2, 0) is 6.42 Å². The van der Waals surface area contributed by atoms with Crippen molar-refractivity contribution in [2.45, 2.75) is 24.9 Å². The Bertz CT molecular complexity index is 1280. The molecular weight excluding hydrogens is 428 g/mol. The first kappa shape index (κ1) is 20.4. The maximum absolute atomic E-state index is 12.8. The van der Waals surface area contributed by atoms with Crippen molar-refractivity contribution in [1.82, 2.24) is 15.3 Å². The van der Waals surface area contributed by atoms with E-state index in [4.69, 9.17) is 16.3 Å². The monoisotopic (exact) mass is 448 g/mol. The summed E-state index contributed by atoms with van der Waals surface area (Å²) in [6.07, 6.45) is 5.36. The van der Waals surface area contributed by atoms with Crippen molar-refractivity contribution in [2.75, 3.05) is 19.0 Å². The van der Waals surface area contributed by atoms with Crippen LogP contribution in [0.15, 0.2) is 36.7 Å². The zero-order valence-electron chi connectivity index (χ0n) is 17.4. The van der Waals surface area contributed by atoms with E-state index in [1.807, 2.05) is 18.2 Å². The number of hydrogen-bond donors (Lipinski definition) is 4. The molecule has 1 saturated carbocycles. The molecule has 8 heteroatoms. The second-order valence-corrected chi connectivity index (χ2v) is 8.29. The number of carbonyl (C=O) groups excluding carboxylic acids is 1. The van der Waals surface area contributed by atoms with E-state index in [1.54, 1.807) is 25.6 Å². The molecule has 1 fully saturated rings. The standard InChI is InChI=1S/C24H21ClN4O3/c1-32-22-16(25)3-2-4-18(22)29-21-19-17(7-12-27-23(19)30)28-20(21)15-6-11-26-13-14(15)5-8-24(31)9-10-24/h2-4,6,11,13,28-29,31H,7,9-10,12H2,1H3,(H,27,30). The van der Waals surface area contributed by atoms with Gasteiger partial charge in [0.05, 0.1) is 40.3 Å². The third kappa shape index (κ3) is 3.68. The Kier molecular flexibility index (Phi) is 5.04. The van der Waals surface area contributed by atoms with Gasteiger partial charge in [0.2, 0.25) is 0 Å². The number of methoxy groups -OCH3 is 1. The second-order valence-electron chi connectivity index (χ2n) is 7.88. The summed E-state index contributed by atoms with van der Waals surface area (Å²) in [5.74, 6) is 6.33. The minimum atomic E-state index is -0.906. The third-order valence-corrected chi connectivity index (χ3v) is 5.94. The second kappa shape index (κ2) is 7.90. The van der Waals surface area contributed by atoms with E-state index in [1.165, 1.54) is 0 Å². The van der Waals surface area contributed by atoms with E-state index in [0.717, 1.165) is 11.3 Å². The van der Waals surface area contributed by atoms with Crippen molar-refractivity contribution < 1.29 is 14.6 Å². The van der Waals surface area contributed by atoms with Crippen molar-refractivity contribution in [3.8, 4) is 28.8 Å². The van der Waals surface area contributed by atoms with Crippen LogP contribution in [0.5, 0.6) is 5.75 Å². The molecular formula is C24H21ClN4O3. The number of halogens is 1. The van der Waals surface area contributed by atoms with Crippen LogP contribution in [0.3, 0.4) is 0 Å². The lowest BCUT2D eigenvalue weighted by atomic mass is 10.0. The quantitative estimate of drug-likeness (QED) is 0.457. The van der Waals surface area contributed by atoms with Gasteiger partial charge in [0.25, 0.3) is 5.91 Å². The number of benzene rings is 1. The summed E-state index contributed by atoms with van der Waals surface area (Å²) in [6.45, 7) is 0.557. The van der Waals surface area contributed by atoms with Crippen LogP contribution < -0.4 is 15.4 Å². The van der Waals surface area contributed by atoms with Crippen LogP contribution in [0.25, 0.3) is 11.3 Å². The number of nitrogens with zero attached hydrogens (tertiary/aromatic N) is 1. The van der Waals surface area contributed by atoms with Crippen molar-refractivity contribution in [3.05, 3.63) is 58.5 Å². The van der Waals surface area contributed by atoms with E-state index in [9.17, 15) is 9.90 Å².